The number of benzene rings is 1. The third kappa shape index (κ3) is 3.39. The van der Waals surface area contributed by atoms with Crippen LogP contribution in [0.25, 0.3) is 0 Å². The van der Waals surface area contributed by atoms with Crippen LogP contribution in [0.1, 0.15) is 23.4 Å². The second-order valence-electron chi connectivity index (χ2n) is 5.04. The van der Waals surface area contributed by atoms with Gasteiger partial charge in [0.25, 0.3) is 0 Å². The summed E-state index contributed by atoms with van der Waals surface area (Å²) in [6, 6.07) is 12.5. The number of nitrogens with two attached hydrogens (primary N) is 1. The highest BCUT2D eigenvalue weighted by Crippen LogP contribution is 2.31. The van der Waals surface area contributed by atoms with E-state index in [2.05, 4.69) is 35.5 Å². The monoisotopic (exact) mass is 290 g/mol. The predicted molar refractivity (Wildman–Crippen MR) is 85.2 cm³/mol. The summed E-state index contributed by atoms with van der Waals surface area (Å²) in [4.78, 5) is 3.63. The molecule has 0 aliphatic carbocycles. The molecule has 0 radical (unpaired) electrons. The van der Waals surface area contributed by atoms with E-state index >= 15 is 0 Å². The third-order valence-electron chi connectivity index (χ3n) is 3.42. The molecule has 1 aromatic carbocycles. The Balaban J connectivity index is 2.26. The average Bonchev–Trinajstić information content (AvgIpc) is 2.92. The molecule has 4 heteroatoms. The van der Waals surface area contributed by atoms with Gasteiger partial charge in [-0.3, -0.25) is 4.90 Å². The van der Waals surface area contributed by atoms with Crippen LogP contribution in [-0.2, 0) is 6.54 Å². The topological polar surface area (TPSA) is 38.5 Å². The number of hydrogen-bond donors (Lipinski definition) is 1. The number of likely N-dealkylation sites (N-methyl/N-ethyl adjacent to an activating group) is 1. The molecule has 0 amide bonds. The summed E-state index contributed by atoms with van der Waals surface area (Å²) in [5.74, 6) is 0.896. The van der Waals surface area contributed by atoms with E-state index in [1.54, 1.807) is 18.4 Å². The molecule has 2 aromatic rings. The lowest BCUT2D eigenvalue weighted by Gasteiger charge is -2.32. The lowest BCUT2D eigenvalue weighted by molar-refractivity contribution is 0.208. The Morgan fingerprint density at radius 1 is 1.25 bits per heavy atom. The highest BCUT2D eigenvalue weighted by Gasteiger charge is 2.24. The Labute approximate surface area is 125 Å². The summed E-state index contributed by atoms with van der Waals surface area (Å²) in [5, 5.41) is 2.10. The van der Waals surface area contributed by atoms with Crippen LogP contribution >= 0.6 is 11.3 Å². The number of thiophene rings is 1. The van der Waals surface area contributed by atoms with Gasteiger partial charge in [-0.25, -0.2) is 0 Å². The molecule has 0 aliphatic rings. The van der Waals surface area contributed by atoms with Crippen LogP contribution in [0.4, 0.5) is 0 Å². The van der Waals surface area contributed by atoms with Gasteiger partial charge < -0.3 is 10.5 Å². The maximum atomic E-state index is 6.23. The molecule has 0 fully saturated rings. The molecule has 2 rings (SSSR count). The van der Waals surface area contributed by atoms with Gasteiger partial charge in [-0.05, 0) is 31.5 Å². The van der Waals surface area contributed by atoms with E-state index in [0.717, 1.165) is 17.9 Å². The van der Waals surface area contributed by atoms with Gasteiger partial charge in [-0.2, -0.15) is 0 Å². The summed E-state index contributed by atoms with van der Waals surface area (Å²) in [7, 11) is 3.82. The van der Waals surface area contributed by atoms with Crippen molar-refractivity contribution in [2.24, 2.45) is 5.73 Å². The fourth-order valence-electron chi connectivity index (χ4n) is 2.58. The van der Waals surface area contributed by atoms with Crippen molar-refractivity contribution in [3.8, 4) is 5.75 Å². The van der Waals surface area contributed by atoms with Gasteiger partial charge in [-0.15, -0.1) is 11.3 Å². The van der Waals surface area contributed by atoms with Gasteiger partial charge >= 0.3 is 0 Å². The van der Waals surface area contributed by atoms with E-state index in [9.17, 15) is 0 Å². The first-order chi connectivity index (χ1) is 9.63. The van der Waals surface area contributed by atoms with Crippen molar-refractivity contribution >= 4 is 11.3 Å². The Bertz CT molecular complexity index is 525. The highest BCUT2D eigenvalue weighted by atomic mass is 32.1. The standard InChI is InChI=1S/C16H22N2OS/c1-12(17)16(14-8-4-5-9-15(14)19-3)18(2)11-13-7-6-10-20-13/h4-10,12,16H,11,17H2,1-3H3. The van der Waals surface area contributed by atoms with Gasteiger partial charge in [0.2, 0.25) is 0 Å². The van der Waals surface area contributed by atoms with Crippen LogP contribution in [-0.4, -0.2) is 25.1 Å². The largest absolute Gasteiger partial charge is 0.496 e. The minimum atomic E-state index is 0.0243. The summed E-state index contributed by atoms with van der Waals surface area (Å²) >= 11 is 1.77. The van der Waals surface area contributed by atoms with E-state index in [-0.39, 0.29) is 12.1 Å². The molecule has 3 nitrogen and oxygen atoms in total. The van der Waals surface area contributed by atoms with Gasteiger partial charge in [0.15, 0.2) is 0 Å². The number of hydrogen-bond acceptors (Lipinski definition) is 4. The molecule has 1 aromatic heterocycles. The van der Waals surface area contributed by atoms with Crippen LogP contribution in [0.3, 0.4) is 0 Å². The predicted octanol–water partition coefficient (Wildman–Crippen LogP) is 3.28. The lowest BCUT2D eigenvalue weighted by Crippen LogP contribution is -2.37. The van der Waals surface area contributed by atoms with Gasteiger partial charge in [0.05, 0.1) is 13.2 Å². The zero-order valence-corrected chi connectivity index (χ0v) is 13.1. The van der Waals surface area contributed by atoms with Crippen LogP contribution < -0.4 is 10.5 Å². The molecular weight excluding hydrogens is 268 g/mol. The molecule has 0 saturated heterocycles. The van der Waals surface area contributed by atoms with E-state index in [1.165, 1.54) is 4.88 Å². The van der Waals surface area contributed by atoms with Crippen molar-refractivity contribution in [2.75, 3.05) is 14.2 Å². The zero-order chi connectivity index (χ0) is 14.5. The van der Waals surface area contributed by atoms with Crippen molar-refractivity contribution in [1.82, 2.24) is 4.90 Å². The van der Waals surface area contributed by atoms with E-state index in [0.29, 0.717) is 0 Å². The number of methoxy groups -OCH3 is 1. The molecule has 108 valence electrons. The number of para-hydroxylation sites is 1. The summed E-state index contributed by atoms with van der Waals surface area (Å²) in [6.45, 7) is 2.93. The number of rotatable bonds is 6. The average molecular weight is 290 g/mol. The van der Waals surface area contributed by atoms with Gasteiger partial charge in [0.1, 0.15) is 5.75 Å². The van der Waals surface area contributed by atoms with Crippen LogP contribution in [0, 0.1) is 0 Å². The molecule has 0 spiro atoms. The lowest BCUT2D eigenvalue weighted by atomic mass is 9.98. The van der Waals surface area contributed by atoms with Crippen molar-refractivity contribution in [1.29, 1.82) is 0 Å². The number of ether oxygens (including phenoxy) is 1. The van der Waals surface area contributed by atoms with Crippen molar-refractivity contribution in [3.05, 3.63) is 52.2 Å². The van der Waals surface area contributed by atoms with Crippen molar-refractivity contribution < 1.29 is 4.74 Å². The summed E-state index contributed by atoms with van der Waals surface area (Å²) in [5.41, 5.74) is 7.37. The maximum Gasteiger partial charge on any atom is 0.123 e. The molecule has 0 bridgehead atoms. The Morgan fingerprint density at radius 2 is 2.00 bits per heavy atom. The molecule has 0 aliphatic heterocycles. The highest BCUT2D eigenvalue weighted by molar-refractivity contribution is 7.09. The van der Waals surface area contributed by atoms with Gasteiger partial charge in [0, 0.05) is 23.0 Å². The molecular formula is C16H22N2OS. The fraction of sp³-hybridized carbons (Fsp3) is 0.375. The first kappa shape index (κ1) is 15.0. The quantitative estimate of drug-likeness (QED) is 0.887. The fourth-order valence-corrected chi connectivity index (χ4v) is 3.35. The van der Waals surface area contributed by atoms with E-state index < -0.39 is 0 Å². The minimum Gasteiger partial charge on any atom is -0.496 e. The van der Waals surface area contributed by atoms with Crippen LogP contribution in [0.15, 0.2) is 41.8 Å². The van der Waals surface area contributed by atoms with Crippen molar-refractivity contribution in [3.63, 3.8) is 0 Å². The van der Waals surface area contributed by atoms with Gasteiger partial charge in [-0.1, -0.05) is 24.3 Å². The SMILES string of the molecule is COc1ccccc1C(C(C)N)N(C)Cc1cccs1. The smallest absolute Gasteiger partial charge is 0.123 e. The van der Waals surface area contributed by atoms with Crippen molar-refractivity contribution in [2.45, 2.75) is 25.6 Å². The first-order valence-corrected chi connectivity index (χ1v) is 7.62. The maximum absolute atomic E-state index is 6.23. The van der Waals surface area contributed by atoms with Crippen LogP contribution in [0.2, 0.25) is 0 Å². The molecule has 20 heavy (non-hydrogen) atoms. The Morgan fingerprint density at radius 3 is 2.60 bits per heavy atom. The minimum absolute atomic E-state index is 0.0243. The summed E-state index contributed by atoms with van der Waals surface area (Å²) in [6.07, 6.45) is 0. The normalized spacial score (nSPS) is 14.2. The third-order valence-corrected chi connectivity index (χ3v) is 4.28. The number of nitrogens with zero attached hydrogens (tertiary/aromatic N) is 1. The van der Waals surface area contributed by atoms with Crippen LogP contribution in [0.5, 0.6) is 5.75 Å². The van der Waals surface area contributed by atoms with E-state index in [4.69, 9.17) is 10.5 Å². The Kier molecular flexibility index (Phi) is 5.17. The van der Waals surface area contributed by atoms with E-state index in [1.807, 2.05) is 25.1 Å². The molecule has 2 N–H and O–H groups in total. The Hall–Kier alpha value is -1.36. The molecule has 1 heterocycles. The summed E-state index contributed by atoms with van der Waals surface area (Å²) < 4.78 is 5.48. The molecule has 2 atom stereocenters. The second-order valence-corrected chi connectivity index (χ2v) is 6.07. The molecule has 0 saturated carbocycles. The first-order valence-electron chi connectivity index (χ1n) is 6.74. The molecule has 2 unspecified atom stereocenters. The second kappa shape index (κ2) is 6.88. The zero-order valence-electron chi connectivity index (χ0n) is 12.2.